The van der Waals surface area contributed by atoms with E-state index in [1.165, 1.54) is 11.3 Å². The van der Waals surface area contributed by atoms with Gasteiger partial charge in [0, 0.05) is 42.9 Å². The van der Waals surface area contributed by atoms with Crippen LogP contribution in [-0.2, 0) is 0 Å². The molecule has 0 unspecified atom stereocenters. The van der Waals surface area contributed by atoms with Crippen LogP contribution in [0.25, 0.3) is 0 Å². The maximum Gasteiger partial charge on any atom is 0.317 e. The van der Waals surface area contributed by atoms with Crippen LogP contribution in [0.4, 0.5) is 10.5 Å². The fourth-order valence-electron chi connectivity index (χ4n) is 2.40. The van der Waals surface area contributed by atoms with Crippen LogP contribution < -0.4 is 10.2 Å². The highest BCUT2D eigenvalue weighted by molar-refractivity contribution is 9.10. The van der Waals surface area contributed by atoms with Crippen LogP contribution in [0.3, 0.4) is 0 Å². The minimum absolute atomic E-state index is 0.00271. The Balaban J connectivity index is 1.94. The summed E-state index contributed by atoms with van der Waals surface area (Å²) in [5, 5.41) is 2.82. The zero-order valence-electron chi connectivity index (χ0n) is 11.7. The summed E-state index contributed by atoms with van der Waals surface area (Å²) in [6.45, 7) is 9.46. The number of nitrogens with one attached hydrogen (secondary N) is 1. The third-order valence-electron chi connectivity index (χ3n) is 3.46. The highest BCUT2D eigenvalue weighted by atomic mass is 79.9. The first kappa shape index (κ1) is 14.9. The van der Waals surface area contributed by atoms with Gasteiger partial charge < -0.3 is 15.1 Å². The van der Waals surface area contributed by atoms with Crippen molar-refractivity contribution < 1.29 is 4.79 Å². The second-order valence-electron chi connectivity index (χ2n) is 4.88. The van der Waals surface area contributed by atoms with Gasteiger partial charge in [-0.2, -0.15) is 0 Å². The van der Waals surface area contributed by atoms with Gasteiger partial charge in [-0.15, -0.1) is 6.58 Å². The molecule has 1 aliphatic heterocycles. The molecule has 0 aliphatic carbocycles. The highest BCUT2D eigenvalue weighted by Gasteiger charge is 2.21. The maximum absolute atomic E-state index is 11.9. The smallest absolute Gasteiger partial charge is 0.317 e. The van der Waals surface area contributed by atoms with E-state index in [2.05, 4.69) is 57.8 Å². The van der Waals surface area contributed by atoms with Crippen LogP contribution in [0.2, 0.25) is 0 Å². The van der Waals surface area contributed by atoms with E-state index in [0.29, 0.717) is 6.54 Å². The van der Waals surface area contributed by atoms with Crippen molar-refractivity contribution >= 4 is 27.6 Å². The lowest BCUT2D eigenvalue weighted by Crippen LogP contribution is -2.52. The van der Waals surface area contributed by atoms with Crippen molar-refractivity contribution in [2.45, 2.75) is 6.92 Å². The minimum atomic E-state index is -0.00271. The Hall–Kier alpha value is -1.49. The van der Waals surface area contributed by atoms with Gasteiger partial charge in [0.1, 0.15) is 0 Å². The van der Waals surface area contributed by atoms with Crippen molar-refractivity contribution in [1.29, 1.82) is 0 Å². The SMILES string of the molecule is C=CCNC(=O)N1CCN(c2ccc(Br)cc2C)CC1. The zero-order valence-corrected chi connectivity index (χ0v) is 13.3. The van der Waals surface area contributed by atoms with Gasteiger partial charge in [0.05, 0.1) is 0 Å². The molecule has 1 heterocycles. The number of rotatable bonds is 3. The Morgan fingerprint density at radius 2 is 2.10 bits per heavy atom. The van der Waals surface area contributed by atoms with E-state index in [1.807, 2.05) is 4.90 Å². The molecular weight excluding hydrogens is 318 g/mol. The number of piperazine rings is 1. The second kappa shape index (κ2) is 6.79. The van der Waals surface area contributed by atoms with Crippen LogP contribution in [0.5, 0.6) is 0 Å². The summed E-state index contributed by atoms with van der Waals surface area (Å²) in [6, 6.07) is 6.31. The number of amides is 2. The van der Waals surface area contributed by atoms with Crippen molar-refractivity contribution in [2.24, 2.45) is 0 Å². The first-order chi connectivity index (χ1) is 9.61. The molecular formula is C15H20BrN3O. The molecule has 5 heteroatoms. The molecule has 1 fully saturated rings. The molecule has 20 heavy (non-hydrogen) atoms. The fraction of sp³-hybridized carbons (Fsp3) is 0.400. The average molecular weight is 338 g/mol. The molecule has 4 nitrogen and oxygen atoms in total. The van der Waals surface area contributed by atoms with E-state index in [9.17, 15) is 4.79 Å². The normalized spacial score (nSPS) is 15.1. The summed E-state index contributed by atoms with van der Waals surface area (Å²) in [4.78, 5) is 16.0. The molecule has 1 aliphatic rings. The van der Waals surface area contributed by atoms with Crippen LogP contribution in [0, 0.1) is 6.92 Å². The van der Waals surface area contributed by atoms with Gasteiger partial charge in [-0.3, -0.25) is 0 Å². The number of hydrogen-bond acceptors (Lipinski definition) is 2. The quantitative estimate of drug-likeness (QED) is 0.861. The molecule has 1 aromatic carbocycles. The third-order valence-corrected chi connectivity index (χ3v) is 3.96. The Labute approximate surface area is 128 Å². The molecule has 0 bridgehead atoms. The third kappa shape index (κ3) is 3.54. The van der Waals surface area contributed by atoms with Gasteiger partial charge >= 0.3 is 6.03 Å². The molecule has 1 aromatic rings. The van der Waals surface area contributed by atoms with E-state index < -0.39 is 0 Å². The number of carbonyl (C=O) groups excluding carboxylic acids is 1. The summed E-state index contributed by atoms with van der Waals surface area (Å²) in [6.07, 6.45) is 1.69. The topological polar surface area (TPSA) is 35.6 Å². The molecule has 2 amide bonds. The molecule has 0 saturated carbocycles. The number of nitrogens with zero attached hydrogens (tertiary/aromatic N) is 2. The number of hydrogen-bond donors (Lipinski definition) is 1. The van der Waals surface area contributed by atoms with Crippen LogP contribution in [0.15, 0.2) is 35.3 Å². The van der Waals surface area contributed by atoms with E-state index in [-0.39, 0.29) is 6.03 Å². The fourth-order valence-corrected chi connectivity index (χ4v) is 2.87. The summed E-state index contributed by atoms with van der Waals surface area (Å²) in [5.41, 5.74) is 2.50. The lowest BCUT2D eigenvalue weighted by atomic mass is 10.1. The minimum Gasteiger partial charge on any atom is -0.368 e. The van der Waals surface area contributed by atoms with Gasteiger partial charge in [0.2, 0.25) is 0 Å². The molecule has 1 N–H and O–H groups in total. The van der Waals surface area contributed by atoms with E-state index >= 15 is 0 Å². The number of halogens is 1. The van der Waals surface area contributed by atoms with Crippen LogP contribution >= 0.6 is 15.9 Å². The standard InChI is InChI=1S/C15H20BrN3O/c1-3-6-17-15(20)19-9-7-18(8-10-19)14-5-4-13(16)11-12(14)2/h3-5,11H,1,6-10H2,2H3,(H,17,20). The predicted molar refractivity (Wildman–Crippen MR) is 86.3 cm³/mol. The molecule has 0 radical (unpaired) electrons. The average Bonchev–Trinajstić information content (AvgIpc) is 2.45. The molecule has 0 spiro atoms. The van der Waals surface area contributed by atoms with Crippen molar-refractivity contribution in [2.75, 3.05) is 37.6 Å². The number of urea groups is 1. The molecule has 108 valence electrons. The summed E-state index contributed by atoms with van der Waals surface area (Å²) in [5.74, 6) is 0. The van der Waals surface area contributed by atoms with Crippen molar-refractivity contribution in [3.8, 4) is 0 Å². The Kier molecular flexibility index (Phi) is 5.06. The van der Waals surface area contributed by atoms with Gasteiger partial charge in [-0.1, -0.05) is 22.0 Å². The van der Waals surface area contributed by atoms with Crippen LogP contribution in [-0.4, -0.2) is 43.7 Å². The first-order valence-electron chi connectivity index (χ1n) is 6.76. The van der Waals surface area contributed by atoms with E-state index in [4.69, 9.17) is 0 Å². The Morgan fingerprint density at radius 1 is 1.40 bits per heavy atom. The largest absolute Gasteiger partial charge is 0.368 e. The molecule has 1 saturated heterocycles. The lowest BCUT2D eigenvalue weighted by molar-refractivity contribution is 0.195. The highest BCUT2D eigenvalue weighted by Crippen LogP contribution is 2.24. The molecule has 0 aromatic heterocycles. The van der Waals surface area contributed by atoms with Gasteiger partial charge in [0.15, 0.2) is 0 Å². The van der Waals surface area contributed by atoms with Gasteiger partial charge in [-0.05, 0) is 30.7 Å². The van der Waals surface area contributed by atoms with Crippen molar-refractivity contribution in [3.63, 3.8) is 0 Å². The van der Waals surface area contributed by atoms with Crippen molar-refractivity contribution in [3.05, 3.63) is 40.9 Å². The number of anilines is 1. The summed E-state index contributed by atoms with van der Waals surface area (Å²) >= 11 is 3.49. The molecule has 2 rings (SSSR count). The zero-order chi connectivity index (χ0) is 14.5. The lowest BCUT2D eigenvalue weighted by Gasteiger charge is -2.36. The summed E-state index contributed by atoms with van der Waals surface area (Å²) < 4.78 is 1.10. The number of aryl methyl sites for hydroxylation is 1. The molecule has 0 atom stereocenters. The Morgan fingerprint density at radius 3 is 2.70 bits per heavy atom. The summed E-state index contributed by atoms with van der Waals surface area (Å²) in [7, 11) is 0. The van der Waals surface area contributed by atoms with E-state index in [1.54, 1.807) is 6.08 Å². The monoisotopic (exact) mass is 337 g/mol. The first-order valence-corrected chi connectivity index (χ1v) is 7.56. The predicted octanol–water partition coefficient (Wildman–Crippen LogP) is 2.78. The second-order valence-corrected chi connectivity index (χ2v) is 5.80. The van der Waals surface area contributed by atoms with Gasteiger partial charge in [-0.25, -0.2) is 4.79 Å². The Bertz CT molecular complexity index is 496. The van der Waals surface area contributed by atoms with Crippen molar-refractivity contribution in [1.82, 2.24) is 10.2 Å². The number of benzene rings is 1. The van der Waals surface area contributed by atoms with Crippen LogP contribution in [0.1, 0.15) is 5.56 Å². The maximum atomic E-state index is 11.9. The number of carbonyl (C=O) groups is 1. The van der Waals surface area contributed by atoms with E-state index in [0.717, 1.165) is 30.7 Å². The van der Waals surface area contributed by atoms with Gasteiger partial charge in [0.25, 0.3) is 0 Å².